The van der Waals surface area contributed by atoms with Gasteiger partial charge in [0.2, 0.25) is 5.66 Å². The number of nitrogens with two attached hydrogens (primary N) is 1. The molecule has 1 saturated heterocycles. The molecule has 1 fully saturated rings. The maximum Gasteiger partial charge on any atom is 0.412 e. The number of ether oxygens (including phenoxy) is 2. The third-order valence-corrected chi connectivity index (χ3v) is 7.20. The van der Waals surface area contributed by atoms with Gasteiger partial charge in [0.05, 0.1) is 5.37 Å². The molecule has 2 unspecified atom stereocenters. The van der Waals surface area contributed by atoms with E-state index < -0.39 is 58.3 Å². The average molecular weight is 568 g/mol. The minimum atomic E-state index is -2.12. The van der Waals surface area contributed by atoms with Gasteiger partial charge in [-0.15, -0.1) is 11.8 Å². The van der Waals surface area contributed by atoms with Crippen LogP contribution in [0.2, 0.25) is 0 Å². The molecule has 12 heteroatoms. The molecule has 1 heterocycles. The lowest BCUT2D eigenvalue weighted by molar-refractivity contribution is -0.187. The summed E-state index contributed by atoms with van der Waals surface area (Å²) in [6, 6.07) is 8.08. The lowest BCUT2D eigenvalue weighted by atomic mass is 9.86. The summed E-state index contributed by atoms with van der Waals surface area (Å²) in [4.78, 5) is 55.0. The van der Waals surface area contributed by atoms with Crippen LogP contribution in [0.25, 0.3) is 0 Å². The van der Waals surface area contributed by atoms with Crippen LogP contribution in [0.1, 0.15) is 72.8 Å². The number of carbonyl (C=O) groups is 4. The van der Waals surface area contributed by atoms with Crippen molar-refractivity contribution in [2.75, 3.05) is 12.8 Å². The first-order valence-electron chi connectivity index (χ1n) is 12.8. The Kier molecular flexibility index (Phi) is 9.94. The third kappa shape index (κ3) is 7.36. The Morgan fingerprint density at radius 3 is 2.05 bits per heavy atom. The van der Waals surface area contributed by atoms with Gasteiger partial charge in [-0.3, -0.25) is 9.80 Å². The fraction of sp³-hybridized carbons (Fsp3) is 0.630. The number of thioether (sulfide) groups is 1. The van der Waals surface area contributed by atoms with Gasteiger partial charge in [0, 0.05) is 19.4 Å². The third-order valence-electron chi connectivity index (χ3n) is 6.28. The van der Waals surface area contributed by atoms with Crippen LogP contribution in [0, 0.1) is 0 Å². The molecule has 0 bridgehead atoms. The van der Waals surface area contributed by atoms with E-state index in [-0.39, 0.29) is 18.5 Å². The van der Waals surface area contributed by atoms with E-state index in [2.05, 4.69) is 0 Å². The number of benzene rings is 1. The summed E-state index contributed by atoms with van der Waals surface area (Å²) < 4.78 is 11.3. The van der Waals surface area contributed by atoms with Crippen LogP contribution in [-0.4, -0.2) is 79.2 Å². The summed E-state index contributed by atoms with van der Waals surface area (Å²) >= 11 is 1.01. The largest absolute Gasteiger partial charge is 0.480 e. The Morgan fingerprint density at radius 1 is 1.03 bits per heavy atom. The molecule has 0 spiro atoms. The summed E-state index contributed by atoms with van der Waals surface area (Å²) in [6.45, 7) is 9.95. The van der Waals surface area contributed by atoms with Gasteiger partial charge in [0.25, 0.3) is 0 Å². The molecule has 2 amide bonds. The first-order chi connectivity index (χ1) is 17.9. The second-order valence-electron chi connectivity index (χ2n) is 11.6. The van der Waals surface area contributed by atoms with Crippen molar-refractivity contribution in [3.8, 4) is 0 Å². The molecular weight excluding hydrogens is 526 g/mol. The zero-order valence-corrected chi connectivity index (χ0v) is 24.5. The standard InChI is InChI=1S/C27H41N3O8S/c1-24(2,3)37-21(33)27(15-11-12-16-29(27)23(36)38-25(4,5)6)30(22(34)35)19(39-7)17-26(28,20(31)32)18-13-9-8-10-14-18/h8-10,13-14,19H,11-12,15-17,28H2,1-7H3,(H,31,32)(H,34,35)/t19?,26-,27?/m1/s1. The minimum Gasteiger partial charge on any atom is -0.480 e. The zero-order valence-electron chi connectivity index (χ0n) is 23.7. The molecule has 39 heavy (non-hydrogen) atoms. The summed E-state index contributed by atoms with van der Waals surface area (Å²) in [5, 5.41) is 19.6. The number of nitrogens with zero attached hydrogens (tertiary/aromatic N) is 2. The van der Waals surface area contributed by atoms with Crippen molar-refractivity contribution in [3.63, 3.8) is 0 Å². The minimum absolute atomic E-state index is 0.0322. The molecule has 1 aromatic carbocycles. The van der Waals surface area contributed by atoms with Gasteiger partial charge in [-0.2, -0.15) is 0 Å². The smallest absolute Gasteiger partial charge is 0.412 e. The van der Waals surface area contributed by atoms with E-state index in [1.807, 2.05) is 0 Å². The van der Waals surface area contributed by atoms with Crippen molar-refractivity contribution >= 4 is 35.9 Å². The topological polar surface area (TPSA) is 160 Å². The van der Waals surface area contributed by atoms with E-state index in [4.69, 9.17) is 15.2 Å². The van der Waals surface area contributed by atoms with Crippen molar-refractivity contribution in [1.29, 1.82) is 0 Å². The second-order valence-corrected chi connectivity index (χ2v) is 12.6. The van der Waals surface area contributed by atoms with Crippen molar-refractivity contribution in [2.45, 2.75) is 95.0 Å². The Morgan fingerprint density at radius 2 is 1.59 bits per heavy atom. The molecule has 218 valence electrons. The van der Waals surface area contributed by atoms with Gasteiger partial charge in [-0.25, -0.2) is 19.2 Å². The molecule has 4 N–H and O–H groups in total. The van der Waals surface area contributed by atoms with Crippen LogP contribution in [-0.2, 0) is 24.6 Å². The van der Waals surface area contributed by atoms with Crippen LogP contribution >= 0.6 is 11.8 Å². The lowest BCUT2D eigenvalue weighted by Crippen LogP contribution is -2.73. The number of carbonyl (C=O) groups excluding carboxylic acids is 2. The molecule has 0 aliphatic carbocycles. The van der Waals surface area contributed by atoms with Gasteiger partial charge in [-0.05, 0) is 66.2 Å². The SMILES string of the molecule is CSC(C[C@](N)(C(=O)O)c1ccccc1)N(C(=O)O)C1(C(=O)OC(C)(C)C)CCCCN1C(=O)OC(C)(C)C. The molecule has 1 aliphatic heterocycles. The summed E-state index contributed by atoms with van der Waals surface area (Å²) in [7, 11) is 0. The lowest BCUT2D eigenvalue weighted by Gasteiger charge is -2.52. The highest BCUT2D eigenvalue weighted by atomic mass is 32.2. The Labute approximate surface area is 234 Å². The number of carboxylic acids is 1. The van der Waals surface area contributed by atoms with Crippen LogP contribution in [0.4, 0.5) is 9.59 Å². The highest BCUT2D eigenvalue weighted by molar-refractivity contribution is 7.99. The average Bonchev–Trinajstić information content (AvgIpc) is 2.81. The van der Waals surface area contributed by atoms with E-state index in [0.29, 0.717) is 12.8 Å². The first kappa shape index (κ1) is 32.2. The van der Waals surface area contributed by atoms with Crippen LogP contribution < -0.4 is 5.73 Å². The van der Waals surface area contributed by atoms with Gasteiger partial charge in [-0.1, -0.05) is 30.3 Å². The van der Waals surface area contributed by atoms with E-state index in [1.54, 1.807) is 78.1 Å². The number of piperidine rings is 1. The van der Waals surface area contributed by atoms with Gasteiger partial charge >= 0.3 is 24.1 Å². The van der Waals surface area contributed by atoms with Gasteiger partial charge < -0.3 is 25.4 Å². The predicted molar refractivity (Wildman–Crippen MR) is 147 cm³/mol. The van der Waals surface area contributed by atoms with Crippen LogP contribution in [0.5, 0.6) is 0 Å². The maximum atomic E-state index is 14.0. The number of amides is 2. The van der Waals surface area contributed by atoms with E-state index in [9.17, 15) is 29.4 Å². The Hall–Kier alpha value is -2.99. The molecule has 3 atom stereocenters. The van der Waals surface area contributed by atoms with E-state index in [1.165, 1.54) is 0 Å². The second kappa shape index (κ2) is 12.0. The fourth-order valence-electron chi connectivity index (χ4n) is 4.58. The van der Waals surface area contributed by atoms with Crippen LogP contribution in [0.15, 0.2) is 30.3 Å². The number of hydrogen-bond donors (Lipinski definition) is 3. The zero-order chi connectivity index (χ0) is 29.8. The number of aliphatic carboxylic acids is 1. The molecule has 1 aromatic rings. The van der Waals surface area contributed by atoms with E-state index >= 15 is 0 Å². The van der Waals surface area contributed by atoms with Crippen molar-refractivity contribution in [1.82, 2.24) is 9.80 Å². The van der Waals surface area contributed by atoms with Crippen molar-refractivity contribution in [3.05, 3.63) is 35.9 Å². The number of rotatable bonds is 8. The summed E-state index contributed by atoms with van der Waals surface area (Å²) in [5.41, 5.74) is 0.660. The summed E-state index contributed by atoms with van der Waals surface area (Å²) in [5.74, 6) is -2.31. The number of carboxylic acid groups (broad SMARTS) is 2. The van der Waals surface area contributed by atoms with E-state index in [0.717, 1.165) is 21.6 Å². The van der Waals surface area contributed by atoms with Gasteiger partial charge in [0.1, 0.15) is 16.7 Å². The number of likely N-dealkylation sites (tertiary alicyclic amines) is 1. The molecule has 1 aliphatic rings. The van der Waals surface area contributed by atoms with Crippen molar-refractivity contribution < 1.29 is 38.9 Å². The molecule has 0 saturated carbocycles. The monoisotopic (exact) mass is 567 g/mol. The fourth-order valence-corrected chi connectivity index (χ4v) is 5.49. The highest BCUT2D eigenvalue weighted by Crippen LogP contribution is 2.41. The molecule has 0 aromatic heterocycles. The quantitative estimate of drug-likeness (QED) is 0.303. The molecule has 0 radical (unpaired) electrons. The Balaban J connectivity index is 2.76. The molecule has 2 rings (SSSR count). The molecule has 11 nitrogen and oxygen atoms in total. The number of hydrogen-bond acceptors (Lipinski definition) is 8. The normalized spacial score (nSPS) is 20.4. The first-order valence-corrected chi connectivity index (χ1v) is 14.0. The molecular formula is C27H41N3O8S. The maximum absolute atomic E-state index is 14.0. The number of esters is 1. The van der Waals surface area contributed by atoms with Crippen molar-refractivity contribution in [2.24, 2.45) is 5.73 Å². The predicted octanol–water partition coefficient (Wildman–Crippen LogP) is 4.44. The Bertz CT molecular complexity index is 1060. The van der Waals surface area contributed by atoms with Gasteiger partial charge in [0.15, 0.2) is 0 Å². The summed E-state index contributed by atoms with van der Waals surface area (Å²) in [6.07, 6.45) is -0.365. The highest BCUT2D eigenvalue weighted by Gasteiger charge is 2.60. The van der Waals surface area contributed by atoms with Crippen LogP contribution in [0.3, 0.4) is 0 Å².